The molecule has 4 heteroatoms. The van der Waals surface area contributed by atoms with Crippen LogP contribution >= 0.6 is 22.9 Å². The lowest BCUT2D eigenvalue weighted by Gasteiger charge is -2.26. The van der Waals surface area contributed by atoms with Crippen molar-refractivity contribution in [3.05, 3.63) is 18.0 Å². The predicted molar refractivity (Wildman–Crippen MR) is 65.2 cm³/mol. The smallest absolute Gasteiger partial charge is 0.0521 e. The Kier molecular flexibility index (Phi) is 3.43. The second-order valence-corrected chi connectivity index (χ2v) is 5.44. The molecule has 1 aliphatic rings. The van der Waals surface area contributed by atoms with Crippen LogP contribution in [0.1, 0.15) is 18.4 Å². The van der Waals surface area contributed by atoms with Crippen molar-refractivity contribution in [3.63, 3.8) is 0 Å². The molecule has 2 rings (SSSR count). The van der Waals surface area contributed by atoms with Gasteiger partial charge >= 0.3 is 0 Å². The molecule has 0 atom stereocenters. The third-order valence-electron chi connectivity index (χ3n) is 2.84. The predicted octanol–water partition coefficient (Wildman–Crippen LogP) is 2.02. The number of halogens is 1. The van der Waals surface area contributed by atoms with E-state index in [4.69, 9.17) is 0 Å². The molecule has 3 nitrogen and oxygen atoms in total. The van der Waals surface area contributed by atoms with Gasteiger partial charge in [0.25, 0.3) is 0 Å². The van der Waals surface area contributed by atoms with Crippen LogP contribution in [0.5, 0.6) is 0 Å². The summed E-state index contributed by atoms with van der Waals surface area (Å²) in [7, 11) is 1.98. The molecule has 1 aliphatic heterocycles. The molecule has 1 fully saturated rings. The zero-order chi connectivity index (χ0) is 9.97. The van der Waals surface area contributed by atoms with E-state index in [-0.39, 0.29) is 0 Å². The first kappa shape index (κ1) is 10.4. The van der Waals surface area contributed by atoms with Gasteiger partial charge in [-0.3, -0.25) is 4.68 Å². The summed E-state index contributed by atoms with van der Waals surface area (Å²) < 4.78 is 4.28. The third-order valence-corrected chi connectivity index (χ3v) is 3.81. The van der Waals surface area contributed by atoms with Crippen molar-refractivity contribution in [2.24, 2.45) is 13.0 Å². The van der Waals surface area contributed by atoms with E-state index in [2.05, 4.69) is 37.3 Å². The molecule has 1 aromatic rings. The molecule has 14 heavy (non-hydrogen) atoms. The second-order valence-electron chi connectivity index (χ2n) is 4.08. The minimum atomic E-state index is 0.866. The Morgan fingerprint density at radius 2 is 2.21 bits per heavy atom. The molecule has 0 radical (unpaired) electrons. The molecule has 0 amide bonds. The quantitative estimate of drug-likeness (QED) is 0.616. The Balaban J connectivity index is 1.86. The molecule has 1 saturated heterocycles. The standard InChI is InChI=1S/C10H16IN3/c1-13-8-10(7-12-13)6-9-2-4-14(11)5-3-9/h7-9H,2-6H2,1H3. The highest BCUT2D eigenvalue weighted by Gasteiger charge is 2.17. The molecular weight excluding hydrogens is 289 g/mol. The maximum Gasteiger partial charge on any atom is 0.0521 e. The number of aryl methyl sites for hydroxylation is 1. The van der Waals surface area contributed by atoms with Crippen LogP contribution in [0.25, 0.3) is 0 Å². The van der Waals surface area contributed by atoms with Crippen molar-refractivity contribution in [1.82, 2.24) is 12.9 Å². The molecule has 2 heterocycles. The van der Waals surface area contributed by atoms with Gasteiger partial charge in [0.2, 0.25) is 0 Å². The monoisotopic (exact) mass is 305 g/mol. The summed E-state index contributed by atoms with van der Waals surface area (Å²) in [5.74, 6) is 0.866. The SMILES string of the molecule is Cn1cc(CC2CCN(I)CC2)cn1. The fourth-order valence-electron chi connectivity index (χ4n) is 2.02. The van der Waals surface area contributed by atoms with E-state index in [0.29, 0.717) is 0 Å². The van der Waals surface area contributed by atoms with Gasteiger partial charge < -0.3 is 0 Å². The zero-order valence-corrected chi connectivity index (χ0v) is 10.6. The lowest BCUT2D eigenvalue weighted by atomic mass is 9.92. The number of hydrogen-bond donors (Lipinski definition) is 0. The van der Waals surface area contributed by atoms with Gasteiger partial charge in [0.1, 0.15) is 0 Å². The van der Waals surface area contributed by atoms with Crippen LogP contribution in [0.4, 0.5) is 0 Å². The summed E-state index contributed by atoms with van der Waals surface area (Å²) in [5.41, 5.74) is 1.39. The van der Waals surface area contributed by atoms with Gasteiger partial charge in [-0.25, -0.2) is 3.11 Å². The van der Waals surface area contributed by atoms with Gasteiger partial charge in [-0.15, -0.1) is 0 Å². The van der Waals surface area contributed by atoms with Crippen LogP contribution in [-0.4, -0.2) is 26.0 Å². The first-order valence-corrected chi connectivity index (χ1v) is 6.09. The number of piperidine rings is 1. The average Bonchev–Trinajstić information content (AvgIpc) is 2.56. The fraction of sp³-hybridized carbons (Fsp3) is 0.700. The zero-order valence-electron chi connectivity index (χ0n) is 8.49. The van der Waals surface area contributed by atoms with Crippen molar-refractivity contribution in [2.45, 2.75) is 19.3 Å². The molecule has 0 bridgehead atoms. The molecule has 1 aromatic heterocycles. The van der Waals surface area contributed by atoms with E-state index in [9.17, 15) is 0 Å². The minimum absolute atomic E-state index is 0.866. The van der Waals surface area contributed by atoms with E-state index >= 15 is 0 Å². The Labute approximate surface area is 99.0 Å². The third kappa shape index (κ3) is 2.70. The fourth-order valence-corrected chi connectivity index (χ4v) is 2.57. The van der Waals surface area contributed by atoms with E-state index in [0.717, 1.165) is 5.92 Å². The van der Waals surface area contributed by atoms with Crippen LogP contribution in [0, 0.1) is 5.92 Å². The molecule has 0 saturated carbocycles. The molecule has 0 aromatic carbocycles. The molecule has 0 N–H and O–H groups in total. The maximum atomic E-state index is 4.20. The summed E-state index contributed by atoms with van der Waals surface area (Å²) in [6, 6.07) is 0. The van der Waals surface area contributed by atoms with Crippen LogP contribution in [0.2, 0.25) is 0 Å². The number of rotatable bonds is 2. The van der Waals surface area contributed by atoms with Gasteiger partial charge in [0.15, 0.2) is 0 Å². The van der Waals surface area contributed by atoms with Crippen LogP contribution in [0.3, 0.4) is 0 Å². The van der Waals surface area contributed by atoms with E-state index in [1.807, 2.05) is 17.9 Å². The van der Waals surface area contributed by atoms with Gasteiger partial charge in [-0.1, -0.05) is 0 Å². The average molecular weight is 305 g/mol. The van der Waals surface area contributed by atoms with Crippen molar-refractivity contribution in [3.8, 4) is 0 Å². The second kappa shape index (κ2) is 4.61. The lowest BCUT2D eigenvalue weighted by Crippen LogP contribution is -2.26. The van der Waals surface area contributed by atoms with Crippen molar-refractivity contribution < 1.29 is 0 Å². The highest BCUT2D eigenvalue weighted by Crippen LogP contribution is 2.22. The maximum absolute atomic E-state index is 4.20. The Hall–Kier alpha value is -0.100. The van der Waals surface area contributed by atoms with Gasteiger partial charge in [-0.05, 0) is 30.7 Å². The van der Waals surface area contributed by atoms with Crippen LogP contribution in [0.15, 0.2) is 12.4 Å². The van der Waals surface area contributed by atoms with Gasteiger partial charge in [0, 0.05) is 49.2 Å². The van der Waals surface area contributed by atoms with Gasteiger partial charge in [-0.2, -0.15) is 5.10 Å². The summed E-state index contributed by atoms with van der Waals surface area (Å²) >= 11 is 2.42. The van der Waals surface area contributed by atoms with Crippen molar-refractivity contribution in [1.29, 1.82) is 0 Å². The van der Waals surface area contributed by atoms with Gasteiger partial charge in [0.05, 0.1) is 6.20 Å². The summed E-state index contributed by atoms with van der Waals surface area (Å²) in [6.07, 6.45) is 8.00. The molecule has 0 spiro atoms. The normalized spacial score (nSPS) is 20.1. The topological polar surface area (TPSA) is 21.1 Å². The number of hydrogen-bond acceptors (Lipinski definition) is 2. The van der Waals surface area contributed by atoms with Crippen LogP contribution < -0.4 is 0 Å². The Bertz CT molecular complexity index is 289. The summed E-state index contributed by atoms with van der Waals surface area (Å²) in [6.45, 7) is 2.48. The lowest BCUT2D eigenvalue weighted by molar-refractivity contribution is 0.307. The Morgan fingerprint density at radius 1 is 1.50 bits per heavy atom. The molecule has 78 valence electrons. The Morgan fingerprint density at radius 3 is 2.79 bits per heavy atom. The molecule has 0 aliphatic carbocycles. The van der Waals surface area contributed by atoms with Crippen molar-refractivity contribution >= 4 is 22.9 Å². The molecular formula is C10H16IN3. The molecule has 0 unspecified atom stereocenters. The van der Waals surface area contributed by atoms with E-state index < -0.39 is 0 Å². The first-order chi connectivity index (χ1) is 6.74. The largest absolute Gasteiger partial charge is 0.276 e. The minimum Gasteiger partial charge on any atom is -0.276 e. The van der Waals surface area contributed by atoms with Crippen molar-refractivity contribution in [2.75, 3.05) is 13.1 Å². The summed E-state index contributed by atoms with van der Waals surface area (Å²) in [4.78, 5) is 0. The number of nitrogens with zero attached hydrogens (tertiary/aromatic N) is 3. The number of aromatic nitrogens is 2. The van der Waals surface area contributed by atoms with E-state index in [1.54, 1.807) is 0 Å². The highest BCUT2D eigenvalue weighted by atomic mass is 127. The van der Waals surface area contributed by atoms with Crippen LogP contribution in [-0.2, 0) is 13.5 Å². The first-order valence-electron chi connectivity index (χ1n) is 5.12. The highest BCUT2D eigenvalue weighted by molar-refractivity contribution is 14.1. The summed E-state index contributed by atoms with van der Waals surface area (Å²) in [5, 5.41) is 4.20. The van der Waals surface area contributed by atoms with E-state index in [1.165, 1.54) is 37.9 Å².